The molecule has 0 bridgehead atoms. The van der Waals surface area contributed by atoms with E-state index in [1.807, 2.05) is 0 Å². The van der Waals surface area contributed by atoms with Gasteiger partial charge in [0.15, 0.2) is 0 Å². The summed E-state index contributed by atoms with van der Waals surface area (Å²) >= 11 is 2.42. The Hall–Kier alpha value is 0.501. The average Bonchev–Trinajstić information content (AvgIpc) is 2.70. The zero-order chi connectivity index (χ0) is 19.0. The second-order valence-corrected chi connectivity index (χ2v) is 13.9. The maximum atomic E-state index is 2.59. The van der Waals surface area contributed by atoms with Gasteiger partial charge in [-0.05, 0) is 0 Å². The summed E-state index contributed by atoms with van der Waals surface area (Å²) in [6.07, 6.45) is 2.57. The molecule has 0 spiro atoms. The Balaban J connectivity index is 0. The van der Waals surface area contributed by atoms with Gasteiger partial charge in [-0.3, -0.25) is 0 Å². The van der Waals surface area contributed by atoms with Gasteiger partial charge >= 0.3 is 169 Å². The fraction of sp³-hybridized carbons (Fsp3) is 0.565. The van der Waals surface area contributed by atoms with E-state index in [2.05, 4.69) is 94.0 Å². The van der Waals surface area contributed by atoms with E-state index in [1.54, 1.807) is 25.8 Å². The molecule has 2 rings (SSSR count). The number of halogens is 3. The molecule has 0 saturated heterocycles. The molecule has 0 nitrogen and oxygen atoms in total. The van der Waals surface area contributed by atoms with Gasteiger partial charge in [-0.25, -0.2) is 0 Å². The first-order valence-corrected chi connectivity index (χ1v) is 13.0. The summed E-state index contributed by atoms with van der Waals surface area (Å²) in [5.41, 5.74) is 7.60. The van der Waals surface area contributed by atoms with Crippen molar-refractivity contribution < 1.29 is 57.7 Å². The van der Waals surface area contributed by atoms with Crippen LogP contribution in [0.3, 0.4) is 0 Å². The maximum absolute atomic E-state index is 2.59. The minimum Gasteiger partial charge on any atom is -1.00 e. The van der Waals surface area contributed by atoms with E-state index in [4.69, 9.17) is 0 Å². The first-order valence-electron chi connectivity index (χ1n) is 9.85. The molecule has 1 aromatic carbocycles. The molecule has 0 heterocycles. The van der Waals surface area contributed by atoms with Gasteiger partial charge in [0.05, 0.1) is 0 Å². The Morgan fingerprint density at radius 1 is 0.786 bits per heavy atom. The average molecular weight is 494 g/mol. The number of allylic oxidation sites excluding steroid dienone is 4. The topological polar surface area (TPSA) is 0 Å². The summed E-state index contributed by atoms with van der Waals surface area (Å²) in [6.45, 7) is 19.0. The van der Waals surface area contributed by atoms with Crippen molar-refractivity contribution in [3.8, 4) is 0 Å². The third-order valence-corrected chi connectivity index (χ3v) is 15.2. The SMILES string of the molecule is CCC[Si](CCC)(c1cc(C)cc(C)c1)C1(C)C(C)=C(C)C(C)=[C]1[Ti+3].[Cl-].[Cl-].[Cl-]. The van der Waals surface area contributed by atoms with Crippen molar-refractivity contribution in [3.05, 3.63) is 49.9 Å². The van der Waals surface area contributed by atoms with Crippen LogP contribution in [0.15, 0.2) is 38.8 Å². The molecule has 0 fully saturated rings. The van der Waals surface area contributed by atoms with Crippen LogP contribution in [-0.2, 0) is 20.4 Å². The third-order valence-electron chi connectivity index (χ3n) is 6.83. The van der Waals surface area contributed by atoms with Gasteiger partial charge in [-0.1, -0.05) is 0 Å². The van der Waals surface area contributed by atoms with Crippen LogP contribution < -0.4 is 42.4 Å². The molecule has 1 aromatic rings. The molecular weight excluding hydrogens is 459 g/mol. The van der Waals surface area contributed by atoms with E-state index < -0.39 is 8.07 Å². The van der Waals surface area contributed by atoms with Crippen molar-refractivity contribution in [2.24, 2.45) is 0 Å². The van der Waals surface area contributed by atoms with Crippen LogP contribution in [0.4, 0.5) is 0 Å². The molecular formula is C23H35Cl3SiTi. The summed E-state index contributed by atoms with van der Waals surface area (Å²) in [6, 6.07) is 10.2. The van der Waals surface area contributed by atoms with Crippen LogP contribution in [0.1, 0.15) is 65.5 Å². The van der Waals surface area contributed by atoms with Crippen LogP contribution in [0.2, 0.25) is 17.1 Å². The standard InChI is InChI=1S/C23H35Si.3ClH.Ti/c1-9-11-24(12-10-2,22-14-17(3)13-18(4)15-22)23(8)16-19(5)20(6)21(23)7;;;;/h13-15H,9-12H2,1-8H3;3*1H;/q;;;;+3/p-3. The monoisotopic (exact) mass is 492 g/mol. The van der Waals surface area contributed by atoms with Crippen molar-refractivity contribution in [3.63, 3.8) is 0 Å². The number of hydrogen-bond acceptors (Lipinski definition) is 0. The Kier molecular flexibility index (Phi) is 12.9. The number of rotatable bonds is 6. The maximum Gasteiger partial charge on any atom is -1.00 e. The van der Waals surface area contributed by atoms with Gasteiger partial charge in [-0.2, -0.15) is 0 Å². The smallest absolute Gasteiger partial charge is 1.00 e. The second-order valence-electron chi connectivity index (χ2n) is 8.33. The molecule has 1 aliphatic rings. The fourth-order valence-corrected chi connectivity index (χ4v) is 13.7. The molecule has 5 heteroatoms. The van der Waals surface area contributed by atoms with E-state index in [9.17, 15) is 0 Å². The molecule has 0 aromatic heterocycles. The van der Waals surface area contributed by atoms with E-state index in [0.29, 0.717) is 0 Å². The predicted octanol–water partition coefficient (Wildman–Crippen LogP) is -2.28. The predicted molar refractivity (Wildman–Crippen MR) is 111 cm³/mol. The molecule has 1 aliphatic carbocycles. The summed E-state index contributed by atoms with van der Waals surface area (Å²) < 4.78 is 1.65. The van der Waals surface area contributed by atoms with Crippen LogP contribution in [-0.4, -0.2) is 8.07 Å². The molecule has 0 amide bonds. The van der Waals surface area contributed by atoms with Gasteiger partial charge in [-0.15, -0.1) is 0 Å². The first-order chi connectivity index (χ1) is 11.7. The largest absolute Gasteiger partial charge is 1.00 e. The van der Waals surface area contributed by atoms with Crippen molar-refractivity contribution in [1.82, 2.24) is 0 Å². The summed E-state index contributed by atoms with van der Waals surface area (Å²) in [7, 11) is -1.75. The van der Waals surface area contributed by atoms with Gasteiger partial charge < -0.3 is 37.2 Å². The van der Waals surface area contributed by atoms with Crippen molar-refractivity contribution in [2.45, 2.75) is 85.4 Å². The van der Waals surface area contributed by atoms with E-state index in [-0.39, 0.29) is 42.3 Å². The van der Waals surface area contributed by atoms with Gasteiger partial charge in [0, 0.05) is 0 Å². The number of hydrogen-bond donors (Lipinski definition) is 0. The Labute approximate surface area is 205 Å². The quantitative estimate of drug-likeness (QED) is 0.392. The van der Waals surface area contributed by atoms with Crippen LogP contribution in [0.25, 0.3) is 0 Å². The van der Waals surface area contributed by atoms with Crippen LogP contribution >= 0.6 is 0 Å². The minimum atomic E-state index is -1.75. The van der Waals surface area contributed by atoms with Gasteiger partial charge in [0.1, 0.15) is 0 Å². The Morgan fingerprint density at radius 2 is 1.21 bits per heavy atom. The molecule has 28 heavy (non-hydrogen) atoms. The zero-order valence-electron chi connectivity index (χ0n) is 18.7. The third kappa shape index (κ3) is 4.87. The Bertz CT molecular complexity index is 687. The number of benzene rings is 1. The molecule has 1 unspecified atom stereocenters. The molecule has 156 valence electrons. The van der Waals surface area contributed by atoms with Crippen molar-refractivity contribution in [2.75, 3.05) is 0 Å². The summed E-state index contributed by atoms with van der Waals surface area (Å²) in [5, 5.41) is 1.95. The normalized spacial score (nSPS) is 19.2. The van der Waals surface area contributed by atoms with E-state index >= 15 is 0 Å². The minimum absolute atomic E-state index is 0. The molecule has 0 N–H and O–H groups in total. The summed E-state index contributed by atoms with van der Waals surface area (Å²) in [4.78, 5) is 0. The van der Waals surface area contributed by atoms with Crippen molar-refractivity contribution >= 4 is 13.3 Å². The van der Waals surface area contributed by atoms with E-state index in [0.717, 1.165) is 0 Å². The van der Waals surface area contributed by atoms with Crippen molar-refractivity contribution in [1.29, 1.82) is 0 Å². The van der Waals surface area contributed by atoms with Gasteiger partial charge in [0.2, 0.25) is 0 Å². The Morgan fingerprint density at radius 3 is 1.54 bits per heavy atom. The van der Waals surface area contributed by atoms with E-state index in [1.165, 1.54) is 36.1 Å². The molecule has 1 atom stereocenters. The first kappa shape index (κ1) is 30.7. The fourth-order valence-electron chi connectivity index (χ4n) is 5.31. The van der Waals surface area contributed by atoms with Crippen LogP contribution in [0, 0.1) is 13.8 Å². The summed E-state index contributed by atoms with van der Waals surface area (Å²) in [5.74, 6) is 0. The second kappa shape index (κ2) is 11.8. The molecule has 0 saturated carbocycles. The molecule has 0 aliphatic heterocycles. The van der Waals surface area contributed by atoms with Gasteiger partial charge in [0.25, 0.3) is 0 Å². The zero-order valence-corrected chi connectivity index (χ0v) is 23.5. The molecule has 0 radical (unpaired) electrons. The van der Waals surface area contributed by atoms with Crippen LogP contribution in [0.5, 0.6) is 0 Å². The number of aryl methyl sites for hydroxylation is 2.